The highest BCUT2D eigenvalue weighted by Gasteiger charge is 2.59. The predicted molar refractivity (Wildman–Crippen MR) is 383 cm³/mol. The molecule has 10 heterocycles. The smallest absolute Gasteiger partial charge is 0.154 e. The van der Waals surface area contributed by atoms with Gasteiger partial charge in [0.1, 0.15) is 127 Å². The second-order valence-corrected chi connectivity index (χ2v) is 28.2. The number of hydroxylamine groups is 2. The van der Waals surface area contributed by atoms with Crippen LogP contribution in [-0.2, 0) is 75.8 Å². The first-order chi connectivity index (χ1) is 52.4. The highest BCUT2D eigenvalue weighted by Crippen LogP contribution is 2.39. The molecular formula is C69H139F2N3O37. The largest absolute Gasteiger partial charge is 0.394 e. The second-order valence-electron chi connectivity index (χ2n) is 28.2. The monoisotopic (exact) mass is 1640 g/mol. The number of halogens is 2. The average Bonchev–Trinajstić information content (AvgIpc) is 1.60. The summed E-state index contributed by atoms with van der Waals surface area (Å²) >= 11 is 0. The zero-order valence-corrected chi connectivity index (χ0v) is 66.2. The van der Waals surface area contributed by atoms with Crippen molar-refractivity contribution in [2.75, 3.05) is 153 Å². The lowest BCUT2D eigenvalue weighted by Gasteiger charge is -2.31. The molecule has 2 bridgehead atoms. The molecule has 666 valence electrons. The molecule has 10 fully saturated rings. The van der Waals surface area contributed by atoms with Gasteiger partial charge in [-0.1, -0.05) is 0 Å². The Hall–Kier alpha value is -1.74. The highest BCUT2D eigenvalue weighted by molar-refractivity contribution is 5.07. The number of hydrogen-bond donors (Lipinski definition) is 23. The molecule has 34 atom stereocenters. The van der Waals surface area contributed by atoms with Crippen LogP contribution in [0.1, 0.15) is 75.7 Å². The van der Waals surface area contributed by atoms with E-state index in [1.807, 2.05) is 34.6 Å². The molecule has 40 nitrogen and oxygen atoms in total. The maximum absolute atomic E-state index is 12.7. The van der Waals surface area contributed by atoms with E-state index in [2.05, 4.69) is 0 Å². The second kappa shape index (κ2) is 55.9. The van der Waals surface area contributed by atoms with Crippen molar-refractivity contribution in [3.8, 4) is 0 Å². The van der Waals surface area contributed by atoms with Gasteiger partial charge in [-0.05, 0) is 69.2 Å². The molecule has 25 N–H and O–H groups in total. The summed E-state index contributed by atoms with van der Waals surface area (Å²) in [4.78, 5) is 0. The predicted octanol–water partition coefficient (Wildman–Crippen LogP) is -9.22. The molecule has 10 aliphatic rings. The summed E-state index contributed by atoms with van der Waals surface area (Å²) in [7, 11) is 4.61. The Morgan fingerprint density at radius 1 is 0.459 bits per heavy atom. The van der Waals surface area contributed by atoms with E-state index in [4.69, 9.17) is 169 Å². The van der Waals surface area contributed by atoms with Crippen LogP contribution in [-0.4, -0.2) is 478 Å². The van der Waals surface area contributed by atoms with Gasteiger partial charge >= 0.3 is 0 Å². The molecule has 0 aromatic carbocycles. The topological polar surface area (TPSA) is 628 Å². The summed E-state index contributed by atoms with van der Waals surface area (Å²) in [6.07, 6.45) is -16.9. The van der Waals surface area contributed by atoms with E-state index in [1.165, 1.54) is 33.1 Å². The van der Waals surface area contributed by atoms with E-state index < -0.39 is 127 Å². The highest BCUT2D eigenvalue weighted by atomic mass is 19.1. The first-order valence-electron chi connectivity index (χ1n) is 37.3. The van der Waals surface area contributed by atoms with Gasteiger partial charge in [-0.15, -0.1) is 0 Å². The van der Waals surface area contributed by atoms with E-state index in [-0.39, 0.29) is 171 Å². The number of nitrogens with two attached hydrogens (primary N) is 2. The van der Waals surface area contributed by atoms with Crippen LogP contribution in [0.15, 0.2) is 0 Å². The number of hydrogen-bond acceptors (Lipinski definition) is 40. The first kappa shape index (κ1) is 107. The van der Waals surface area contributed by atoms with Gasteiger partial charge in [-0.2, -0.15) is 5.06 Å². The normalized spacial score (nSPS) is 41.4. The number of ether oxygens (including phenoxy) is 16. The van der Waals surface area contributed by atoms with Crippen molar-refractivity contribution in [1.29, 1.82) is 0 Å². The van der Waals surface area contributed by atoms with Crippen LogP contribution in [0.3, 0.4) is 0 Å². The lowest BCUT2D eigenvalue weighted by molar-refractivity contribution is -0.199. The molecule has 0 aromatic rings. The Balaban J connectivity index is 0.000000618. The van der Waals surface area contributed by atoms with Crippen LogP contribution in [0.5, 0.6) is 0 Å². The van der Waals surface area contributed by atoms with Crippen molar-refractivity contribution in [3.05, 3.63) is 0 Å². The molecule has 0 saturated carbocycles. The molecule has 111 heavy (non-hydrogen) atoms. The van der Waals surface area contributed by atoms with Crippen molar-refractivity contribution in [2.45, 2.75) is 288 Å². The SMILES string of the molecule is CC1CN(O)CC(CO)O1.COCCO[C@H]1C(O)[C@@H](CO)O[C@H]1C.CO[C@H]1C(O)[C@@H](CO)O[C@H]1C.CO[C@H]1C(O)[C@@](CN)(CO)O[C@H]1C.C[C@@H](CO)OC(CO)CO.C[C@@H]1O[C@@]2(CO)CO[C@H]1C2O.C[C@@H]1O[C@H](CO)C(O)[C@@H]1F.C[C@@H]1O[C@H](CO)C(O)[C@@H]1F.C[C@@H]1O[C@H](CO)C(O)[C@@H]1OCCN.C[C@H]1CC(O)[C@@H](CO)O1. The molecule has 0 radical (unpaired) electrons. The molecule has 10 aliphatic heterocycles. The summed E-state index contributed by atoms with van der Waals surface area (Å²) < 4.78 is 108. The van der Waals surface area contributed by atoms with Gasteiger partial charge in [0.05, 0.1) is 186 Å². The van der Waals surface area contributed by atoms with Gasteiger partial charge in [0, 0.05) is 47.4 Å². The third-order valence-corrected chi connectivity index (χ3v) is 19.3. The molecule has 10 saturated heterocycles. The van der Waals surface area contributed by atoms with Gasteiger partial charge in [0.15, 0.2) is 12.3 Å². The van der Waals surface area contributed by atoms with Crippen LogP contribution in [0, 0.1) is 0 Å². The van der Waals surface area contributed by atoms with Gasteiger partial charge < -0.3 is 195 Å². The van der Waals surface area contributed by atoms with Gasteiger partial charge in [-0.25, -0.2) is 8.78 Å². The minimum Gasteiger partial charge on any atom is -0.394 e. The Labute approximate surface area is 648 Å². The van der Waals surface area contributed by atoms with Crippen molar-refractivity contribution >= 4 is 0 Å². The first-order valence-corrected chi connectivity index (χ1v) is 37.3. The molecular weight excluding hydrogens is 1500 g/mol. The average molecular weight is 1640 g/mol. The summed E-state index contributed by atoms with van der Waals surface area (Å²) in [6, 6.07) is 0. The van der Waals surface area contributed by atoms with Crippen LogP contribution in [0.2, 0.25) is 0 Å². The molecule has 10 rings (SSSR count). The van der Waals surface area contributed by atoms with E-state index in [1.54, 1.807) is 27.9 Å². The van der Waals surface area contributed by atoms with E-state index >= 15 is 0 Å². The minimum absolute atomic E-state index is 0.0101. The molecule has 0 amide bonds. The van der Waals surface area contributed by atoms with Crippen LogP contribution in [0.4, 0.5) is 8.78 Å². The van der Waals surface area contributed by atoms with Crippen molar-refractivity contribution in [3.63, 3.8) is 0 Å². The molecule has 0 aliphatic carbocycles. The standard InChI is InChI=1S/C9H18O5.2C8H17NO4.C7H12O4.C7H14O4.2C6H11FO3.C6H13NO3.C6H14O4.C6H12O3/c1-6-9(13-4-3-12-2)8(11)7(5-10)14-6;1-5-6(12-2)7(11)8(3-9,4-10)13-5;1-5-8(12-3-2-9)7(11)6(4-10)13-5;1-4-5-6(9)7(2-8,11-4)3-10-5;1-4-7(10-2)6(9)5(3-8)11-4;2*1-3-5(7)6(9)4(2-8)10-3;1-5-2-7(9)3-6(4-8)10-5;1-5(2-7)10-6(3-8)4-9;1-4-2-5(8)6(3-7)9-4/h6-11H,3-5H2,1-2H3;5-7,10-11H,3-4,9H2,1-2H3;5-8,10-11H,2-4,9H2,1H3;4-6,8-9H,2-3H2,1H3;4-9H,3H2,1-2H3;2*3-6,8-9H,2H2,1H3;5-6,8-9H,2-4H2,1H3;5-9H,2-4H2,1H3;4-8H,2-3H2,1H3/t6-,7+,8?,9+;2*5-,6+,7?,8+;4-,5+,6?,7-;4-,5+,6?,7+;2*3-,4+,5+,6?;;5-;4-,5?,6+/m0000000.00/s1. The maximum atomic E-state index is 12.7. The van der Waals surface area contributed by atoms with E-state index in [0.29, 0.717) is 52.5 Å². The fourth-order valence-electron chi connectivity index (χ4n) is 12.9. The van der Waals surface area contributed by atoms with E-state index in [9.17, 15) is 34.3 Å². The van der Waals surface area contributed by atoms with Crippen LogP contribution < -0.4 is 11.5 Å². The number of rotatable bonds is 24. The zero-order chi connectivity index (χ0) is 84.8. The summed E-state index contributed by atoms with van der Waals surface area (Å²) in [6.45, 7) is 18.3. The van der Waals surface area contributed by atoms with Gasteiger partial charge in [-0.3, -0.25) is 0 Å². The van der Waals surface area contributed by atoms with Crippen LogP contribution >= 0.6 is 0 Å². The van der Waals surface area contributed by atoms with Crippen molar-refractivity contribution in [1.82, 2.24) is 5.06 Å². The number of methoxy groups -OCH3 is 3. The number of morpholine rings is 1. The number of aliphatic hydroxyl groups excluding tert-OH is 20. The summed E-state index contributed by atoms with van der Waals surface area (Å²) in [5.74, 6) is 0. The zero-order valence-electron chi connectivity index (χ0n) is 66.2. The van der Waals surface area contributed by atoms with Crippen LogP contribution in [0.25, 0.3) is 0 Å². The third-order valence-electron chi connectivity index (χ3n) is 19.3. The number of nitrogens with zero attached hydrogens (tertiary/aromatic N) is 1. The lowest BCUT2D eigenvalue weighted by Crippen LogP contribution is -2.52. The Kier molecular flexibility index (Phi) is 54.0. The van der Waals surface area contributed by atoms with E-state index in [0.717, 1.165) is 0 Å². The summed E-state index contributed by atoms with van der Waals surface area (Å²) in [5, 5.41) is 189. The Bertz CT molecular complexity index is 2270. The molecule has 42 heteroatoms. The number of aliphatic hydroxyl groups is 20. The molecule has 10 unspecified atom stereocenters. The van der Waals surface area contributed by atoms with Crippen molar-refractivity contribution < 1.29 is 192 Å². The fourth-order valence-corrected chi connectivity index (χ4v) is 12.9. The Morgan fingerprint density at radius 2 is 0.901 bits per heavy atom. The number of alkyl halides is 2. The van der Waals surface area contributed by atoms with Gasteiger partial charge in [0.25, 0.3) is 0 Å². The van der Waals surface area contributed by atoms with Gasteiger partial charge in [0.2, 0.25) is 0 Å². The molecule has 0 spiro atoms. The maximum Gasteiger partial charge on any atom is 0.154 e. The lowest BCUT2D eigenvalue weighted by atomic mass is 9.95. The Morgan fingerprint density at radius 3 is 1.16 bits per heavy atom. The minimum atomic E-state index is -1.36. The quantitative estimate of drug-likeness (QED) is 0.0399. The summed E-state index contributed by atoms with van der Waals surface area (Å²) in [5.41, 5.74) is 8.83. The number of fused-ring (bicyclic) bond motifs is 2. The third kappa shape index (κ3) is 33.1. The fraction of sp³-hybridized carbons (Fsp3) is 1.00. The molecule has 0 aromatic heterocycles. The van der Waals surface area contributed by atoms with Crippen molar-refractivity contribution in [2.24, 2.45) is 11.5 Å².